The number of anilines is 1. The Labute approximate surface area is 133 Å². The Kier molecular flexibility index (Phi) is 5.21. The van der Waals surface area contributed by atoms with Gasteiger partial charge >= 0.3 is 0 Å². The number of amides is 1. The fraction of sp³-hybridized carbons (Fsp3) is 0.316. The summed E-state index contributed by atoms with van der Waals surface area (Å²) in [4.78, 5) is 16.1. The maximum absolute atomic E-state index is 12.3. The largest absolute Gasteiger partial charge is 0.378 e. The van der Waals surface area contributed by atoms with Crippen molar-refractivity contribution in [2.45, 2.75) is 19.9 Å². The van der Waals surface area contributed by atoms with Crippen molar-refractivity contribution in [3.8, 4) is 0 Å². The molecule has 0 bridgehead atoms. The van der Waals surface area contributed by atoms with Gasteiger partial charge in [0, 0.05) is 33.4 Å². The van der Waals surface area contributed by atoms with E-state index in [0.29, 0.717) is 13.0 Å². The molecule has 2 aromatic rings. The van der Waals surface area contributed by atoms with Gasteiger partial charge in [0.1, 0.15) is 0 Å². The van der Waals surface area contributed by atoms with Crippen LogP contribution in [0.1, 0.15) is 16.7 Å². The van der Waals surface area contributed by atoms with Gasteiger partial charge in [0.05, 0.1) is 6.42 Å². The number of aryl methyl sites for hydroxylation is 1. The molecular weight excluding hydrogens is 272 g/mol. The van der Waals surface area contributed by atoms with E-state index in [2.05, 4.69) is 36.1 Å². The maximum Gasteiger partial charge on any atom is 0.227 e. The van der Waals surface area contributed by atoms with Crippen molar-refractivity contribution in [3.05, 3.63) is 65.2 Å². The van der Waals surface area contributed by atoms with Crippen molar-refractivity contribution in [2.75, 3.05) is 26.0 Å². The van der Waals surface area contributed by atoms with Gasteiger partial charge in [-0.1, -0.05) is 42.0 Å². The molecule has 0 aliphatic heterocycles. The van der Waals surface area contributed by atoms with Crippen LogP contribution >= 0.6 is 0 Å². The van der Waals surface area contributed by atoms with Crippen LogP contribution in [-0.4, -0.2) is 32.0 Å². The van der Waals surface area contributed by atoms with Crippen LogP contribution < -0.4 is 4.90 Å². The second-order valence-corrected chi connectivity index (χ2v) is 5.97. The van der Waals surface area contributed by atoms with Gasteiger partial charge in [-0.05, 0) is 30.2 Å². The first-order valence-electron chi connectivity index (χ1n) is 7.51. The smallest absolute Gasteiger partial charge is 0.227 e. The van der Waals surface area contributed by atoms with Gasteiger partial charge in [-0.15, -0.1) is 0 Å². The Morgan fingerprint density at radius 3 is 1.95 bits per heavy atom. The number of hydrogen-bond donors (Lipinski definition) is 0. The highest BCUT2D eigenvalue weighted by molar-refractivity contribution is 5.78. The summed E-state index contributed by atoms with van der Waals surface area (Å²) in [7, 11) is 5.90. The topological polar surface area (TPSA) is 23.6 Å². The molecule has 22 heavy (non-hydrogen) atoms. The Balaban J connectivity index is 1.94. The lowest BCUT2D eigenvalue weighted by atomic mass is 10.1. The maximum atomic E-state index is 12.3. The third kappa shape index (κ3) is 4.35. The molecular formula is C19H24N2O. The van der Waals surface area contributed by atoms with Crippen LogP contribution in [0.15, 0.2) is 48.5 Å². The van der Waals surface area contributed by atoms with Crippen LogP contribution in [0.5, 0.6) is 0 Å². The van der Waals surface area contributed by atoms with Gasteiger partial charge in [0.2, 0.25) is 5.91 Å². The minimum absolute atomic E-state index is 0.139. The number of rotatable bonds is 5. The first-order valence-corrected chi connectivity index (χ1v) is 7.51. The Bertz CT molecular complexity index is 615. The van der Waals surface area contributed by atoms with E-state index in [1.807, 2.05) is 45.4 Å². The summed E-state index contributed by atoms with van der Waals surface area (Å²) in [5, 5.41) is 0. The number of nitrogens with zero attached hydrogens (tertiary/aromatic N) is 2. The fourth-order valence-corrected chi connectivity index (χ4v) is 2.28. The van der Waals surface area contributed by atoms with E-state index in [0.717, 1.165) is 16.8 Å². The first kappa shape index (κ1) is 16.1. The molecule has 0 saturated heterocycles. The second kappa shape index (κ2) is 7.12. The van der Waals surface area contributed by atoms with Crippen LogP contribution in [0.4, 0.5) is 5.69 Å². The molecule has 3 nitrogen and oxygen atoms in total. The SMILES string of the molecule is Cc1ccc(CC(=O)N(C)Cc2ccc(N(C)C)cc2)cc1. The van der Waals surface area contributed by atoms with E-state index in [1.54, 1.807) is 4.90 Å². The standard InChI is InChI=1S/C19H24N2O/c1-15-5-7-16(8-6-15)13-19(22)21(4)14-17-9-11-18(12-10-17)20(2)3/h5-12H,13-14H2,1-4H3. The molecule has 0 radical (unpaired) electrons. The van der Waals surface area contributed by atoms with Gasteiger partial charge in [-0.2, -0.15) is 0 Å². The van der Waals surface area contributed by atoms with Gasteiger partial charge in [-0.3, -0.25) is 4.79 Å². The van der Waals surface area contributed by atoms with Crippen LogP contribution in [0.25, 0.3) is 0 Å². The Morgan fingerprint density at radius 1 is 0.864 bits per heavy atom. The summed E-state index contributed by atoms with van der Waals surface area (Å²) in [6.07, 6.45) is 0.451. The zero-order valence-electron chi connectivity index (χ0n) is 13.8. The molecule has 1 amide bonds. The van der Waals surface area contributed by atoms with Crippen molar-refractivity contribution < 1.29 is 4.79 Å². The van der Waals surface area contributed by atoms with Crippen molar-refractivity contribution in [1.82, 2.24) is 4.90 Å². The highest BCUT2D eigenvalue weighted by Gasteiger charge is 2.10. The average molecular weight is 296 g/mol. The van der Waals surface area contributed by atoms with E-state index in [4.69, 9.17) is 0 Å². The van der Waals surface area contributed by atoms with Crippen molar-refractivity contribution in [1.29, 1.82) is 0 Å². The third-order valence-corrected chi connectivity index (χ3v) is 3.77. The van der Waals surface area contributed by atoms with E-state index in [9.17, 15) is 4.79 Å². The molecule has 0 saturated carbocycles. The quantitative estimate of drug-likeness (QED) is 0.845. The molecule has 0 fully saturated rings. The normalized spacial score (nSPS) is 10.4. The first-order chi connectivity index (χ1) is 10.5. The summed E-state index contributed by atoms with van der Waals surface area (Å²) in [6.45, 7) is 2.69. The lowest BCUT2D eigenvalue weighted by Gasteiger charge is -2.18. The van der Waals surface area contributed by atoms with Gasteiger partial charge < -0.3 is 9.80 Å². The van der Waals surface area contributed by atoms with E-state index in [1.165, 1.54) is 5.56 Å². The molecule has 0 heterocycles. The van der Waals surface area contributed by atoms with Gasteiger partial charge in [0.25, 0.3) is 0 Å². The molecule has 0 N–H and O–H groups in total. The van der Waals surface area contributed by atoms with Crippen LogP contribution in [0.2, 0.25) is 0 Å². The lowest BCUT2D eigenvalue weighted by molar-refractivity contribution is -0.129. The zero-order chi connectivity index (χ0) is 16.1. The molecule has 0 unspecified atom stereocenters. The van der Waals surface area contributed by atoms with Crippen LogP contribution in [0, 0.1) is 6.92 Å². The molecule has 3 heteroatoms. The molecule has 0 spiro atoms. The molecule has 0 aliphatic carbocycles. The summed E-state index contributed by atoms with van der Waals surface area (Å²) in [6, 6.07) is 16.4. The van der Waals surface area contributed by atoms with Gasteiger partial charge in [-0.25, -0.2) is 0 Å². The average Bonchev–Trinajstić information content (AvgIpc) is 2.50. The van der Waals surface area contributed by atoms with Crippen LogP contribution in [0.3, 0.4) is 0 Å². The van der Waals surface area contributed by atoms with Gasteiger partial charge in [0.15, 0.2) is 0 Å². The number of carbonyl (C=O) groups excluding carboxylic acids is 1. The number of carbonyl (C=O) groups is 1. The minimum atomic E-state index is 0.139. The van der Waals surface area contributed by atoms with Crippen molar-refractivity contribution >= 4 is 11.6 Å². The number of benzene rings is 2. The molecule has 0 aliphatic rings. The number of hydrogen-bond acceptors (Lipinski definition) is 2. The fourth-order valence-electron chi connectivity index (χ4n) is 2.28. The third-order valence-electron chi connectivity index (χ3n) is 3.77. The summed E-state index contributed by atoms with van der Waals surface area (Å²) in [5.74, 6) is 0.139. The Morgan fingerprint density at radius 2 is 1.41 bits per heavy atom. The van der Waals surface area contributed by atoms with Crippen molar-refractivity contribution in [3.63, 3.8) is 0 Å². The van der Waals surface area contributed by atoms with Crippen molar-refractivity contribution in [2.24, 2.45) is 0 Å². The highest BCUT2D eigenvalue weighted by atomic mass is 16.2. The molecule has 116 valence electrons. The van der Waals surface area contributed by atoms with E-state index in [-0.39, 0.29) is 5.91 Å². The molecule has 0 atom stereocenters. The minimum Gasteiger partial charge on any atom is -0.378 e. The molecule has 2 aromatic carbocycles. The predicted octanol–water partition coefficient (Wildman–Crippen LogP) is 3.26. The van der Waals surface area contributed by atoms with Crippen LogP contribution in [-0.2, 0) is 17.8 Å². The number of likely N-dealkylation sites (N-methyl/N-ethyl adjacent to an activating group) is 1. The second-order valence-electron chi connectivity index (χ2n) is 5.97. The van der Waals surface area contributed by atoms with E-state index >= 15 is 0 Å². The Hall–Kier alpha value is -2.29. The monoisotopic (exact) mass is 296 g/mol. The lowest BCUT2D eigenvalue weighted by Crippen LogP contribution is -2.27. The summed E-state index contributed by atoms with van der Waals surface area (Å²) >= 11 is 0. The highest BCUT2D eigenvalue weighted by Crippen LogP contribution is 2.14. The summed E-state index contributed by atoms with van der Waals surface area (Å²) in [5.41, 5.74) is 4.58. The molecule has 2 rings (SSSR count). The van der Waals surface area contributed by atoms with E-state index < -0.39 is 0 Å². The zero-order valence-corrected chi connectivity index (χ0v) is 13.8. The molecule has 0 aromatic heterocycles. The summed E-state index contributed by atoms with van der Waals surface area (Å²) < 4.78 is 0. The predicted molar refractivity (Wildman–Crippen MR) is 92.1 cm³/mol.